The zero-order valence-electron chi connectivity index (χ0n) is 10.9. The lowest BCUT2D eigenvalue weighted by Gasteiger charge is -2.15. The molecule has 1 aromatic rings. The third-order valence-corrected chi connectivity index (χ3v) is 2.78. The van der Waals surface area contributed by atoms with Crippen molar-refractivity contribution in [1.82, 2.24) is 5.32 Å². The third kappa shape index (κ3) is 4.73. The fraction of sp³-hybridized carbons (Fsp3) is 0.385. The monoisotopic (exact) mass is 303 g/mol. The van der Waals surface area contributed by atoms with Crippen LogP contribution in [0.25, 0.3) is 0 Å². The van der Waals surface area contributed by atoms with Gasteiger partial charge in [-0.2, -0.15) is 0 Å². The summed E-state index contributed by atoms with van der Waals surface area (Å²) in [6.45, 7) is 5.03. The van der Waals surface area contributed by atoms with Crippen molar-refractivity contribution < 1.29 is 14.3 Å². The quantitative estimate of drug-likeness (QED) is 0.870. The van der Waals surface area contributed by atoms with Crippen LogP contribution in [0.3, 0.4) is 0 Å². The van der Waals surface area contributed by atoms with Crippen LogP contribution in [0.4, 0.5) is 0 Å². The van der Waals surface area contributed by atoms with Crippen molar-refractivity contribution in [3.63, 3.8) is 0 Å². The number of halogens is 2. The molecule has 0 heterocycles. The molecule has 1 N–H and O–H groups in total. The van der Waals surface area contributed by atoms with Crippen LogP contribution in [0.1, 0.15) is 31.1 Å². The zero-order chi connectivity index (χ0) is 14.6. The lowest BCUT2D eigenvalue weighted by atomic mass is 10.2. The first-order valence-corrected chi connectivity index (χ1v) is 6.53. The van der Waals surface area contributed by atoms with Crippen molar-refractivity contribution in [3.8, 4) is 0 Å². The molecule has 6 heteroatoms. The Labute approximate surface area is 122 Å². The molecule has 0 aromatic heterocycles. The summed E-state index contributed by atoms with van der Waals surface area (Å²) in [5, 5.41) is 3.19. The molecule has 1 atom stereocenters. The number of carbonyl (C=O) groups is 2. The Morgan fingerprint density at radius 3 is 2.37 bits per heavy atom. The van der Waals surface area contributed by atoms with E-state index in [1.807, 2.05) is 0 Å². The Balaban J connectivity index is 2.71. The van der Waals surface area contributed by atoms with Gasteiger partial charge in [0.05, 0.1) is 16.7 Å². The van der Waals surface area contributed by atoms with E-state index < -0.39 is 17.9 Å². The van der Waals surface area contributed by atoms with Gasteiger partial charge in [0.2, 0.25) is 0 Å². The highest BCUT2D eigenvalue weighted by molar-refractivity contribution is 6.36. The number of nitrogens with one attached hydrogen (secondary N) is 1. The standard InChI is InChI=1S/C13H15Cl2NO3/c1-7(2)19-13(18)8(3)16-12(17)10-5-4-9(14)6-11(10)15/h4-8H,1-3H3,(H,16,17). The maximum atomic E-state index is 11.9. The van der Waals surface area contributed by atoms with Gasteiger partial charge in [0.25, 0.3) is 5.91 Å². The number of rotatable bonds is 4. The normalized spacial score (nSPS) is 12.1. The molecule has 19 heavy (non-hydrogen) atoms. The van der Waals surface area contributed by atoms with Crippen LogP contribution in [-0.2, 0) is 9.53 Å². The van der Waals surface area contributed by atoms with Crippen LogP contribution in [0.15, 0.2) is 18.2 Å². The van der Waals surface area contributed by atoms with Crippen molar-refractivity contribution in [2.45, 2.75) is 32.9 Å². The van der Waals surface area contributed by atoms with E-state index in [9.17, 15) is 9.59 Å². The van der Waals surface area contributed by atoms with E-state index >= 15 is 0 Å². The topological polar surface area (TPSA) is 55.4 Å². The summed E-state index contributed by atoms with van der Waals surface area (Å²) < 4.78 is 4.99. The Morgan fingerprint density at radius 2 is 1.84 bits per heavy atom. The minimum Gasteiger partial charge on any atom is -0.461 e. The van der Waals surface area contributed by atoms with Gasteiger partial charge in [0, 0.05) is 5.02 Å². The Bertz CT molecular complexity index is 489. The average Bonchev–Trinajstić information content (AvgIpc) is 2.27. The molecule has 1 unspecified atom stereocenters. The third-order valence-electron chi connectivity index (χ3n) is 2.23. The Morgan fingerprint density at radius 1 is 1.21 bits per heavy atom. The van der Waals surface area contributed by atoms with E-state index in [2.05, 4.69) is 5.32 Å². The molecular formula is C13H15Cl2NO3. The van der Waals surface area contributed by atoms with Crippen LogP contribution in [-0.4, -0.2) is 24.0 Å². The zero-order valence-corrected chi connectivity index (χ0v) is 12.4. The van der Waals surface area contributed by atoms with Gasteiger partial charge >= 0.3 is 5.97 Å². The van der Waals surface area contributed by atoms with Crippen molar-refractivity contribution in [2.24, 2.45) is 0 Å². The SMILES string of the molecule is CC(C)OC(=O)C(C)NC(=O)c1ccc(Cl)cc1Cl. The first-order chi connectivity index (χ1) is 8.81. The summed E-state index contributed by atoms with van der Waals surface area (Å²) >= 11 is 11.7. The van der Waals surface area contributed by atoms with Gasteiger partial charge in [0.1, 0.15) is 6.04 Å². The van der Waals surface area contributed by atoms with Crippen molar-refractivity contribution in [3.05, 3.63) is 33.8 Å². The van der Waals surface area contributed by atoms with E-state index in [-0.39, 0.29) is 16.7 Å². The summed E-state index contributed by atoms with van der Waals surface area (Å²) in [4.78, 5) is 23.5. The predicted molar refractivity (Wildman–Crippen MR) is 74.6 cm³/mol. The molecule has 1 aromatic carbocycles. The number of hydrogen-bond acceptors (Lipinski definition) is 3. The number of ether oxygens (including phenoxy) is 1. The molecule has 0 radical (unpaired) electrons. The van der Waals surface area contributed by atoms with Gasteiger partial charge in [-0.05, 0) is 39.0 Å². The van der Waals surface area contributed by atoms with Gasteiger partial charge in [-0.3, -0.25) is 4.79 Å². The predicted octanol–water partition coefficient (Wildman–Crippen LogP) is 3.06. The fourth-order valence-corrected chi connectivity index (χ4v) is 1.84. The number of carbonyl (C=O) groups excluding carboxylic acids is 2. The van der Waals surface area contributed by atoms with Crippen LogP contribution >= 0.6 is 23.2 Å². The maximum Gasteiger partial charge on any atom is 0.328 e. The lowest BCUT2D eigenvalue weighted by Crippen LogP contribution is -2.40. The average molecular weight is 304 g/mol. The highest BCUT2D eigenvalue weighted by atomic mass is 35.5. The smallest absolute Gasteiger partial charge is 0.328 e. The molecule has 0 spiro atoms. The van der Waals surface area contributed by atoms with Gasteiger partial charge in [-0.1, -0.05) is 23.2 Å². The van der Waals surface area contributed by atoms with Crippen LogP contribution in [0, 0.1) is 0 Å². The number of esters is 1. The van der Waals surface area contributed by atoms with Crippen LogP contribution < -0.4 is 5.32 Å². The molecular weight excluding hydrogens is 289 g/mol. The summed E-state index contributed by atoms with van der Waals surface area (Å²) in [7, 11) is 0. The van der Waals surface area contributed by atoms with Gasteiger partial charge in [-0.25, -0.2) is 4.79 Å². The van der Waals surface area contributed by atoms with Crippen LogP contribution in [0.2, 0.25) is 10.0 Å². The highest BCUT2D eigenvalue weighted by Gasteiger charge is 2.20. The molecule has 0 saturated heterocycles. The van der Waals surface area contributed by atoms with E-state index in [1.54, 1.807) is 26.8 Å². The molecule has 0 bridgehead atoms. The molecule has 1 amide bonds. The lowest BCUT2D eigenvalue weighted by molar-refractivity contribution is -0.149. The second-order valence-electron chi connectivity index (χ2n) is 4.30. The molecule has 1 rings (SSSR count). The minimum absolute atomic E-state index is 0.231. The van der Waals surface area contributed by atoms with Gasteiger partial charge < -0.3 is 10.1 Å². The second kappa shape index (κ2) is 6.78. The summed E-state index contributed by atoms with van der Waals surface area (Å²) in [6.07, 6.45) is -0.231. The van der Waals surface area contributed by atoms with E-state index in [1.165, 1.54) is 12.1 Å². The summed E-state index contributed by atoms with van der Waals surface area (Å²) in [5.74, 6) is -0.941. The van der Waals surface area contributed by atoms with Gasteiger partial charge in [-0.15, -0.1) is 0 Å². The molecule has 0 aliphatic carbocycles. The molecule has 104 valence electrons. The van der Waals surface area contributed by atoms with E-state index in [0.717, 1.165) is 0 Å². The second-order valence-corrected chi connectivity index (χ2v) is 5.15. The van der Waals surface area contributed by atoms with Crippen molar-refractivity contribution >= 4 is 35.1 Å². The first-order valence-electron chi connectivity index (χ1n) is 5.77. The molecule has 0 saturated carbocycles. The number of hydrogen-bond donors (Lipinski definition) is 1. The van der Waals surface area contributed by atoms with Crippen molar-refractivity contribution in [1.29, 1.82) is 0 Å². The maximum absolute atomic E-state index is 11.9. The Kier molecular flexibility index (Phi) is 5.63. The molecule has 0 aliphatic heterocycles. The number of amides is 1. The van der Waals surface area contributed by atoms with E-state index in [0.29, 0.717) is 5.02 Å². The largest absolute Gasteiger partial charge is 0.461 e. The van der Waals surface area contributed by atoms with E-state index in [4.69, 9.17) is 27.9 Å². The molecule has 0 fully saturated rings. The minimum atomic E-state index is -0.748. The fourth-order valence-electron chi connectivity index (χ4n) is 1.34. The summed E-state index contributed by atoms with van der Waals surface area (Å²) in [5.41, 5.74) is 0.260. The van der Waals surface area contributed by atoms with Crippen LogP contribution in [0.5, 0.6) is 0 Å². The van der Waals surface area contributed by atoms with Gasteiger partial charge in [0.15, 0.2) is 0 Å². The number of benzene rings is 1. The Hall–Kier alpha value is -1.26. The molecule has 0 aliphatic rings. The van der Waals surface area contributed by atoms with Crippen molar-refractivity contribution in [2.75, 3.05) is 0 Å². The molecule has 4 nitrogen and oxygen atoms in total. The highest BCUT2D eigenvalue weighted by Crippen LogP contribution is 2.20. The first kappa shape index (κ1) is 15.8. The summed E-state index contributed by atoms with van der Waals surface area (Å²) in [6, 6.07) is 3.77.